The van der Waals surface area contributed by atoms with Crippen molar-refractivity contribution < 1.29 is 4.79 Å². The van der Waals surface area contributed by atoms with E-state index in [-0.39, 0.29) is 23.9 Å². The molecule has 7 nitrogen and oxygen atoms in total. The van der Waals surface area contributed by atoms with Gasteiger partial charge in [-0.1, -0.05) is 30.3 Å². The Bertz CT molecular complexity index is 932. The topological polar surface area (TPSA) is 92.7 Å². The van der Waals surface area contributed by atoms with E-state index in [1.54, 1.807) is 24.7 Å². The van der Waals surface area contributed by atoms with Crippen LogP contribution >= 0.6 is 0 Å². The van der Waals surface area contributed by atoms with E-state index in [0.29, 0.717) is 23.6 Å². The molecule has 0 aliphatic rings. The number of H-pyrrole nitrogens is 1. The fourth-order valence-corrected chi connectivity index (χ4v) is 2.88. The fourth-order valence-electron chi connectivity index (χ4n) is 2.88. The van der Waals surface area contributed by atoms with Gasteiger partial charge in [-0.3, -0.25) is 14.3 Å². The summed E-state index contributed by atoms with van der Waals surface area (Å²) in [5.41, 5.74) is 1.67. The highest BCUT2D eigenvalue weighted by Gasteiger charge is 2.18. The summed E-state index contributed by atoms with van der Waals surface area (Å²) >= 11 is 0. The fraction of sp³-hybridized carbons (Fsp3) is 0.263. The van der Waals surface area contributed by atoms with E-state index < -0.39 is 0 Å². The van der Waals surface area contributed by atoms with Crippen LogP contribution in [0.4, 0.5) is 0 Å². The second kappa shape index (κ2) is 7.77. The van der Waals surface area contributed by atoms with E-state index in [4.69, 9.17) is 0 Å². The van der Waals surface area contributed by atoms with Crippen molar-refractivity contribution in [2.75, 3.05) is 0 Å². The summed E-state index contributed by atoms with van der Waals surface area (Å²) in [4.78, 5) is 31.6. The predicted octanol–water partition coefficient (Wildman–Crippen LogP) is 1.68. The molecule has 0 aliphatic heterocycles. The number of nitrogens with zero attached hydrogens (tertiary/aromatic N) is 3. The van der Waals surface area contributed by atoms with Gasteiger partial charge in [0.15, 0.2) is 0 Å². The number of aromatic nitrogens is 4. The Hall–Kier alpha value is -3.22. The molecule has 134 valence electrons. The lowest BCUT2D eigenvalue weighted by atomic mass is 10.1. The molecule has 2 aromatic heterocycles. The predicted molar refractivity (Wildman–Crippen MR) is 97.6 cm³/mol. The van der Waals surface area contributed by atoms with Crippen LogP contribution in [0.1, 0.15) is 28.7 Å². The van der Waals surface area contributed by atoms with Crippen LogP contribution in [-0.2, 0) is 17.8 Å². The number of hydrogen-bond donors (Lipinski definition) is 2. The maximum atomic E-state index is 12.6. The Kier molecular flexibility index (Phi) is 5.26. The van der Waals surface area contributed by atoms with Crippen LogP contribution in [0, 0.1) is 13.8 Å². The molecule has 3 rings (SSSR count). The molecule has 0 radical (unpaired) electrons. The number of aromatic amines is 1. The molecule has 1 amide bonds. The number of carbonyl (C=O) groups is 1. The molecule has 1 aromatic carbocycles. The van der Waals surface area contributed by atoms with Gasteiger partial charge in [0.25, 0.3) is 5.56 Å². The SMILES string of the molecule is Cc1nc(C)c(CC(=O)N[C@H](Cn2cccn2)c2ccccc2)c(=O)[nH]1. The van der Waals surface area contributed by atoms with Crippen LogP contribution in [0.5, 0.6) is 0 Å². The van der Waals surface area contributed by atoms with Crippen molar-refractivity contribution in [1.29, 1.82) is 0 Å². The van der Waals surface area contributed by atoms with Gasteiger partial charge in [-0.2, -0.15) is 5.10 Å². The van der Waals surface area contributed by atoms with Crippen molar-refractivity contribution in [2.24, 2.45) is 0 Å². The first-order valence-corrected chi connectivity index (χ1v) is 8.41. The molecule has 2 heterocycles. The number of carbonyl (C=O) groups excluding carboxylic acids is 1. The summed E-state index contributed by atoms with van der Waals surface area (Å²) < 4.78 is 1.77. The van der Waals surface area contributed by atoms with Crippen LogP contribution in [0.15, 0.2) is 53.6 Å². The van der Waals surface area contributed by atoms with E-state index in [1.165, 1.54) is 0 Å². The zero-order valence-corrected chi connectivity index (χ0v) is 14.8. The van der Waals surface area contributed by atoms with Crippen molar-refractivity contribution in [2.45, 2.75) is 32.9 Å². The smallest absolute Gasteiger partial charge is 0.254 e. The maximum absolute atomic E-state index is 12.6. The van der Waals surface area contributed by atoms with Crippen molar-refractivity contribution in [3.63, 3.8) is 0 Å². The molecule has 0 aliphatic carbocycles. The second-order valence-electron chi connectivity index (χ2n) is 6.15. The summed E-state index contributed by atoms with van der Waals surface area (Å²) in [5.74, 6) is 0.308. The Morgan fingerprint density at radius 3 is 2.65 bits per heavy atom. The summed E-state index contributed by atoms with van der Waals surface area (Å²) in [6.45, 7) is 3.96. The van der Waals surface area contributed by atoms with Gasteiger partial charge >= 0.3 is 0 Å². The van der Waals surface area contributed by atoms with Gasteiger partial charge in [-0.25, -0.2) is 4.98 Å². The molecule has 2 N–H and O–H groups in total. The minimum absolute atomic E-state index is 0.0170. The third kappa shape index (κ3) is 4.24. The maximum Gasteiger partial charge on any atom is 0.254 e. The van der Waals surface area contributed by atoms with Crippen molar-refractivity contribution >= 4 is 5.91 Å². The first-order valence-electron chi connectivity index (χ1n) is 8.41. The molecule has 0 unspecified atom stereocenters. The molecule has 1 atom stereocenters. The highest BCUT2D eigenvalue weighted by Crippen LogP contribution is 2.15. The summed E-state index contributed by atoms with van der Waals surface area (Å²) in [5, 5.41) is 7.22. The molecule has 7 heteroatoms. The number of rotatable bonds is 6. The van der Waals surface area contributed by atoms with Gasteiger partial charge in [0, 0.05) is 23.7 Å². The number of benzene rings is 1. The molecule has 0 spiro atoms. The molecule has 26 heavy (non-hydrogen) atoms. The quantitative estimate of drug-likeness (QED) is 0.707. The van der Waals surface area contributed by atoms with E-state index in [1.807, 2.05) is 42.6 Å². The Morgan fingerprint density at radius 2 is 2.00 bits per heavy atom. The lowest BCUT2D eigenvalue weighted by Crippen LogP contribution is -2.34. The van der Waals surface area contributed by atoms with E-state index in [2.05, 4.69) is 20.4 Å². The summed E-state index contributed by atoms with van der Waals surface area (Å²) in [6, 6.07) is 11.3. The Balaban J connectivity index is 1.78. The minimum Gasteiger partial charge on any atom is -0.347 e. The van der Waals surface area contributed by atoms with Gasteiger partial charge in [0.2, 0.25) is 5.91 Å². The highest BCUT2D eigenvalue weighted by atomic mass is 16.2. The third-order valence-electron chi connectivity index (χ3n) is 4.14. The first kappa shape index (κ1) is 17.6. The third-order valence-corrected chi connectivity index (χ3v) is 4.14. The van der Waals surface area contributed by atoms with Gasteiger partial charge in [0.05, 0.1) is 19.0 Å². The first-order chi connectivity index (χ1) is 12.5. The van der Waals surface area contributed by atoms with Gasteiger partial charge in [-0.05, 0) is 25.5 Å². The zero-order valence-electron chi connectivity index (χ0n) is 14.8. The average molecular weight is 351 g/mol. The summed E-state index contributed by atoms with van der Waals surface area (Å²) in [6.07, 6.45) is 3.53. The molecule has 0 bridgehead atoms. The zero-order chi connectivity index (χ0) is 18.5. The summed E-state index contributed by atoms with van der Waals surface area (Å²) in [7, 11) is 0. The lowest BCUT2D eigenvalue weighted by Gasteiger charge is -2.19. The second-order valence-corrected chi connectivity index (χ2v) is 6.15. The standard InChI is InChI=1S/C19H21N5O2/c1-13-16(19(26)22-14(2)21-13)11-18(25)23-17(12-24-10-6-9-20-24)15-7-4-3-5-8-15/h3-10,17H,11-12H2,1-2H3,(H,23,25)(H,21,22,26)/t17-/m1/s1. The molecular weight excluding hydrogens is 330 g/mol. The van der Waals surface area contributed by atoms with Gasteiger partial charge < -0.3 is 10.3 Å². The normalized spacial score (nSPS) is 11.9. The van der Waals surface area contributed by atoms with Crippen molar-refractivity contribution in [3.8, 4) is 0 Å². The number of amides is 1. The van der Waals surface area contributed by atoms with E-state index in [0.717, 1.165) is 5.56 Å². The van der Waals surface area contributed by atoms with Crippen molar-refractivity contribution in [1.82, 2.24) is 25.1 Å². The van der Waals surface area contributed by atoms with Crippen LogP contribution < -0.4 is 10.9 Å². The Labute approximate surface area is 151 Å². The molecule has 3 aromatic rings. The average Bonchev–Trinajstić information content (AvgIpc) is 3.11. The van der Waals surface area contributed by atoms with Gasteiger partial charge in [-0.15, -0.1) is 0 Å². The lowest BCUT2D eigenvalue weighted by molar-refractivity contribution is -0.121. The highest BCUT2D eigenvalue weighted by molar-refractivity contribution is 5.79. The van der Waals surface area contributed by atoms with Crippen LogP contribution in [0.25, 0.3) is 0 Å². The van der Waals surface area contributed by atoms with E-state index >= 15 is 0 Å². The largest absolute Gasteiger partial charge is 0.347 e. The molecular formula is C19H21N5O2. The van der Waals surface area contributed by atoms with Crippen LogP contribution in [0.2, 0.25) is 0 Å². The van der Waals surface area contributed by atoms with Crippen LogP contribution in [0.3, 0.4) is 0 Å². The molecule has 0 saturated carbocycles. The Morgan fingerprint density at radius 1 is 1.23 bits per heavy atom. The van der Waals surface area contributed by atoms with E-state index in [9.17, 15) is 9.59 Å². The van der Waals surface area contributed by atoms with Crippen LogP contribution in [-0.4, -0.2) is 25.7 Å². The number of nitrogens with one attached hydrogen (secondary N) is 2. The van der Waals surface area contributed by atoms with Crippen molar-refractivity contribution in [3.05, 3.63) is 81.8 Å². The number of hydrogen-bond acceptors (Lipinski definition) is 4. The minimum atomic E-state index is -0.270. The van der Waals surface area contributed by atoms with Gasteiger partial charge in [0.1, 0.15) is 5.82 Å². The molecule has 0 saturated heterocycles. The monoisotopic (exact) mass is 351 g/mol. The molecule has 0 fully saturated rings. The number of aryl methyl sites for hydroxylation is 2.